The summed E-state index contributed by atoms with van der Waals surface area (Å²) in [6.07, 6.45) is 0. The average Bonchev–Trinajstić information content (AvgIpc) is 3.35. The summed E-state index contributed by atoms with van der Waals surface area (Å²) < 4.78 is 8.83. The Morgan fingerprint density at radius 1 is 1.06 bits per heavy atom. The second kappa shape index (κ2) is 8.80. The van der Waals surface area contributed by atoms with Crippen LogP contribution in [0.15, 0.2) is 34.9 Å². The third-order valence-electron chi connectivity index (χ3n) is 5.24. The lowest BCUT2D eigenvalue weighted by Crippen LogP contribution is -2.17. The molecule has 0 saturated heterocycles. The maximum atomic E-state index is 13.0. The second-order valence-electron chi connectivity index (χ2n) is 7.62. The van der Waals surface area contributed by atoms with Crippen LogP contribution in [0.5, 0.6) is 0 Å². The molecule has 3 aromatic heterocycles. The number of aryl methyl sites for hydroxylation is 3. The molecule has 8 nitrogen and oxygen atoms in total. The quantitative estimate of drug-likeness (QED) is 0.428. The first-order chi connectivity index (χ1) is 15.2. The Kier molecular flexibility index (Phi) is 6.08. The summed E-state index contributed by atoms with van der Waals surface area (Å²) >= 11 is 12.3. The molecule has 1 N–H and O–H groups in total. The van der Waals surface area contributed by atoms with Crippen molar-refractivity contribution in [3.63, 3.8) is 0 Å². The highest BCUT2D eigenvalue weighted by Gasteiger charge is 2.23. The average molecular weight is 473 g/mol. The largest absolute Gasteiger partial charge is 0.361 e. The predicted octanol–water partition coefficient (Wildman–Crippen LogP) is 4.96. The zero-order chi connectivity index (χ0) is 23.0. The Morgan fingerprint density at radius 3 is 2.53 bits per heavy atom. The minimum absolute atomic E-state index is 0.188. The molecule has 4 aromatic rings. The Bertz CT molecular complexity index is 1300. The molecule has 166 valence electrons. The smallest absolute Gasteiger partial charge is 0.279 e. The molecule has 0 bridgehead atoms. The third-order valence-corrected chi connectivity index (χ3v) is 6.03. The van der Waals surface area contributed by atoms with Crippen molar-refractivity contribution < 1.29 is 9.32 Å². The Morgan fingerprint density at radius 2 is 1.84 bits per heavy atom. The number of benzene rings is 1. The van der Waals surface area contributed by atoms with E-state index >= 15 is 0 Å². The highest BCUT2D eigenvalue weighted by atomic mass is 35.5. The van der Waals surface area contributed by atoms with Gasteiger partial charge >= 0.3 is 0 Å². The molecule has 10 heteroatoms. The van der Waals surface area contributed by atoms with E-state index in [1.165, 1.54) is 0 Å². The van der Waals surface area contributed by atoms with Gasteiger partial charge in [0, 0.05) is 22.3 Å². The van der Waals surface area contributed by atoms with Gasteiger partial charge in [0.25, 0.3) is 5.91 Å². The fraction of sp³-hybridized carbons (Fsp3) is 0.273. The van der Waals surface area contributed by atoms with Gasteiger partial charge in [-0.15, -0.1) is 0 Å². The lowest BCUT2D eigenvalue weighted by Gasteiger charge is -2.06. The van der Waals surface area contributed by atoms with E-state index in [-0.39, 0.29) is 5.69 Å². The summed E-state index contributed by atoms with van der Waals surface area (Å²) in [5.74, 6) is 0.564. The summed E-state index contributed by atoms with van der Waals surface area (Å²) in [7, 11) is 0. The van der Waals surface area contributed by atoms with Crippen molar-refractivity contribution in [1.29, 1.82) is 0 Å². The molecule has 0 unspecified atom stereocenters. The van der Waals surface area contributed by atoms with E-state index < -0.39 is 5.91 Å². The molecule has 0 aliphatic heterocycles. The zero-order valence-electron chi connectivity index (χ0n) is 18.1. The van der Waals surface area contributed by atoms with Crippen molar-refractivity contribution in [3.8, 4) is 0 Å². The minimum atomic E-state index is -0.406. The van der Waals surface area contributed by atoms with E-state index in [1.807, 2.05) is 45.0 Å². The summed E-state index contributed by atoms with van der Waals surface area (Å²) in [5, 5.41) is 17.0. The van der Waals surface area contributed by atoms with Crippen molar-refractivity contribution >= 4 is 34.9 Å². The number of hydrogen-bond acceptors (Lipinski definition) is 5. The van der Waals surface area contributed by atoms with Gasteiger partial charge in [0.15, 0.2) is 11.5 Å². The van der Waals surface area contributed by atoms with Crippen molar-refractivity contribution in [2.24, 2.45) is 0 Å². The number of halogens is 2. The molecule has 1 amide bonds. The van der Waals surface area contributed by atoms with E-state index in [1.54, 1.807) is 22.4 Å². The predicted molar refractivity (Wildman–Crippen MR) is 123 cm³/mol. The number of carbonyl (C=O) groups is 1. The molecule has 0 spiro atoms. The van der Waals surface area contributed by atoms with Crippen molar-refractivity contribution in [1.82, 2.24) is 24.7 Å². The minimum Gasteiger partial charge on any atom is -0.361 e. The molecule has 1 aromatic carbocycles. The standard InChI is InChI=1S/C22H22Cl2N6O2/c1-12-8-19(27-29(12)10-16-6-5-7-17(23)9-16)25-22(31)21-18(15(4)32-28-21)11-30-14(3)20(24)13(2)26-30/h5-9H,10-11H2,1-4H3,(H,25,27,31). The Balaban J connectivity index is 1.53. The SMILES string of the molecule is Cc1nn(Cc2c(C(=O)Nc3cc(C)n(Cc4cccc(Cl)c4)n3)noc2C)c(C)c1Cl. The molecule has 0 aliphatic carbocycles. The van der Waals surface area contributed by atoms with Gasteiger partial charge in [-0.05, 0) is 45.4 Å². The maximum Gasteiger partial charge on any atom is 0.279 e. The Labute approximate surface area is 195 Å². The van der Waals surface area contributed by atoms with Crippen molar-refractivity contribution in [2.75, 3.05) is 5.32 Å². The fourth-order valence-electron chi connectivity index (χ4n) is 3.45. The Hall–Kier alpha value is -3.10. The highest BCUT2D eigenvalue weighted by molar-refractivity contribution is 6.31. The van der Waals surface area contributed by atoms with E-state index in [0.717, 1.165) is 22.6 Å². The second-order valence-corrected chi connectivity index (χ2v) is 8.44. The molecule has 32 heavy (non-hydrogen) atoms. The number of rotatable bonds is 6. The van der Waals surface area contributed by atoms with E-state index in [0.29, 0.717) is 40.3 Å². The zero-order valence-corrected chi connectivity index (χ0v) is 19.6. The molecule has 0 atom stereocenters. The lowest BCUT2D eigenvalue weighted by molar-refractivity contribution is 0.101. The van der Waals surface area contributed by atoms with Gasteiger partial charge in [-0.3, -0.25) is 14.2 Å². The van der Waals surface area contributed by atoms with Gasteiger partial charge in [0.2, 0.25) is 0 Å². The summed E-state index contributed by atoms with van der Waals surface area (Å²) in [4.78, 5) is 13.0. The molecule has 0 aliphatic rings. The third kappa shape index (κ3) is 4.42. The maximum absolute atomic E-state index is 13.0. The topological polar surface area (TPSA) is 90.8 Å². The molecular formula is C22H22Cl2N6O2. The normalized spacial score (nSPS) is 11.2. The first-order valence-corrected chi connectivity index (χ1v) is 10.7. The van der Waals surface area contributed by atoms with Crippen LogP contribution in [-0.4, -0.2) is 30.6 Å². The van der Waals surface area contributed by atoms with Crippen molar-refractivity contribution in [2.45, 2.75) is 40.8 Å². The van der Waals surface area contributed by atoms with Crippen LogP contribution in [0.4, 0.5) is 5.82 Å². The van der Waals surface area contributed by atoms with Crippen LogP contribution in [-0.2, 0) is 13.1 Å². The lowest BCUT2D eigenvalue weighted by atomic mass is 10.2. The molecule has 3 heterocycles. The number of hydrogen-bond donors (Lipinski definition) is 1. The molecule has 0 radical (unpaired) electrons. The molecule has 0 saturated carbocycles. The van der Waals surface area contributed by atoms with Crippen LogP contribution in [0.3, 0.4) is 0 Å². The van der Waals surface area contributed by atoms with Gasteiger partial charge in [0.05, 0.1) is 29.5 Å². The first kappa shape index (κ1) is 22.1. The first-order valence-electron chi connectivity index (χ1n) is 9.98. The highest BCUT2D eigenvalue weighted by Crippen LogP contribution is 2.23. The van der Waals surface area contributed by atoms with Gasteiger partial charge in [-0.2, -0.15) is 10.2 Å². The van der Waals surface area contributed by atoms with E-state index in [9.17, 15) is 4.79 Å². The molecular weight excluding hydrogens is 451 g/mol. The van der Waals surface area contributed by atoms with Gasteiger partial charge in [-0.1, -0.05) is 40.5 Å². The van der Waals surface area contributed by atoms with Gasteiger partial charge < -0.3 is 9.84 Å². The van der Waals surface area contributed by atoms with E-state index in [2.05, 4.69) is 20.7 Å². The monoisotopic (exact) mass is 472 g/mol. The van der Waals surface area contributed by atoms with Crippen molar-refractivity contribution in [3.05, 3.63) is 80.0 Å². The van der Waals surface area contributed by atoms with Crippen LogP contribution in [0.2, 0.25) is 10.0 Å². The molecule has 4 rings (SSSR count). The number of carbonyl (C=O) groups excluding carboxylic acids is 1. The van der Waals surface area contributed by atoms with E-state index in [4.69, 9.17) is 27.7 Å². The molecule has 0 fully saturated rings. The number of amides is 1. The number of nitrogens with one attached hydrogen (secondary N) is 1. The van der Waals surface area contributed by atoms with Gasteiger partial charge in [-0.25, -0.2) is 0 Å². The number of nitrogens with zero attached hydrogens (tertiary/aromatic N) is 5. The number of anilines is 1. The van der Waals surface area contributed by atoms with Crippen LogP contribution in [0.25, 0.3) is 0 Å². The van der Waals surface area contributed by atoms with Crippen LogP contribution < -0.4 is 5.32 Å². The summed E-state index contributed by atoms with van der Waals surface area (Å²) in [6, 6.07) is 9.38. The summed E-state index contributed by atoms with van der Waals surface area (Å²) in [5.41, 5.74) is 4.28. The summed E-state index contributed by atoms with van der Waals surface area (Å²) in [6.45, 7) is 8.25. The van der Waals surface area contributed by atoms with Crippen LogP contribution in [0.1, 0.15) is 44.5 Å². The van der Waals surface area contributed by atoms with Crippen LogP contribution >= 0.6 is 23.2 Å². The van der Waals surface area contributed by atoms with Gasteiger partial charge in [0.1, 0.15) is 5.76 Å². The van der Waals surface area contributed by atoms with Crippen LogP contribution in [0, 0.1) is 27.7 Å². The fourth-order valence-corrected chi connectivity index (χ4v) is 3.80. The number of aromatic nitrogens is 5.